The molecule has 2 aromatic rings. The van der Waals surface area contributed by atoms with Crippen LogP contribution in [0.5, 0.6) is 0 Å². The maximum Gasteiger partial charge on any atom is 0.302 e. The number of rotatable bonds is 16. The highest BCUT2D eigenvalue weighted by molar-refractivity contribution is 6.03. The van der Waals surface area contributed by atoms with Gasteiger partial charge in [-0.2, -0.15) is 0 Å². The van der Waals surface area contributed by atoms with Gasteiger partial charge >= 0.3 is 5.97 Å². The van der Waals surface area contributed by atoms with Crippen molar-refractivity contribution in [1.82, 2.24) is 15.5 Å². The molecule has 1 heterocycles. The summed E-state index contributed by atoms with van der Waals surface area (Å²) in [4.78, 5) is 74.3. The molecule has 0 radical (unpaired) electrons. The number of hydrogen-bond donors (Lipinski definition) is 4. The number of imide groups is 1. The van der Waals surface area contributed by atoms with Crippen LogP contribution in [0.15, 0.2) is 54.6 Å². The lowest BCUT2D eigenvalue weighted by Crippen LogP contribution is -2.49. The van der Waals surface area contributed by atoms with E-state index in [4.69, 9.17) is 10.5 Å². The van der Waals surface area contributed by atoms with Crippen LogP contribution in [0.1, 0.15) is 84.3 Å². The van der Waals surface area contributed by atoms with Gasteiger partial charge in [-0.3, -0.25) is 33.7 Å². The van der Waals surface area contributed by atoms with Gasteiger partial charge in [0.05, 0.1) is 6.54 Å². The second kappa shape index (κ2) is 23.7. The zero-order valence-corrected chi connectivity index (χ0v) is 29.0. The van der Waals surface area contributed by atoms with Crippen LogP contribution >= 0.6 is 0 Å². The van der Waals surface area contributed by atoms with E-state index in [9.17, 15) is 28.8 Å². The number of likely N-dealkylation sites (tertiary alicyclic amines) is 1. The second-order valence-electron chi connectivity index (χ2n) is 11.1. The molecule has 3 rings (SSSR count). The van der Waals surface area contributed by atoms with Crippen LogP contribution in [0.3, 0.4) is 0 Å². The van der Waals surface area contributed by atoms with E-state index in [1.807, 2.05) is 44.2 Å². The Hall–Kier alpha value is -4.58. The van der Waals surface area contributed by atoms with E-state index in [0.29, 0.717) is 31.5 Å². The molecule has 1 aliphatic rings. The number of benzene rings is 2. The minimum atomic E-state index is -0.880. The molecule has 48 heavy (non-hydrogen) atoms. The fourth-order valence-corrected chi connectivity index (χ4v) is 4.51. The number of nitrogens with zero attached hydrogens (tertiary/aromatic N) is 1. The topological polar surface area (TPSA) is 177 Å². The van der Waals surface area contributed by atoms with Crippen molar-refractivity contribution in [3.63, 3.8) is 0 Å². The van der Waals surface area contributed by atoms with Crippen molar-refractivity contribution < 1.29 is 33.5 Å². The first kappa shape index (κ1) is 41.4. The molecule has 5 amide bonds. The molecule has 1 saturated heterocycles. The Morgan fingerprint density at radius 1 is 0.938 bits per heavy atom. The zero-order valence-electron chi connectivity index (χ0n) is 29.0. The number of carbonyl (C=O) groups excluding carboxylic acids is 6. The molecular weight excluding hydrogens is 614 g/mol. The van der Waals surface area contributed by atoms with E-state index in [0.717, 1.165) is 24.1 Å². The van der Waals surface area contributed by atoms with Crippen molar-refractivity contribution in [2.24, 2.45) is 11.7 Å². The van der Waals surface area contributed by atoms with Gasteiger partial charge in [0.2, 0.25) is 29.5 Å². The largest absolute Gasteiger partial charge is 0.461 e. The fraction of sp³-hybridized carbons (Fsp3) is 0.500. The molecule has 264 valence electrons. The molecule has 0 saturated carbocycles. The lowest BCUT2D eigenvalue weighted by molar-refractivity contribution is -0.142. The first-order valence-corrected chi connectivity index (χ1v) is 16.7. The number of ether oxygens (including phenoxy) is 1. The molecule has 0 bridgehead atoms. The smallest absolute Gasteiger partial charge is 0.302 e. The maximum atomic E-state index is 13.0. The zero-order chi connectivity index (χ0) is 35.9. The molecule has 2 aromatic carbocycles. The second-order valence-corrected chi connectivity index (χ2v) is 11.1. The molecule has 0 aliphatic carbocycles. The number of esters is 1. The third-order valence-electron chi connectivity index (χ3n) is 7.08. The predicted molar refractivity (Wildman–Crippen MR) is 185 cm³/mol. The third-order valence-corrected chi connectivity index (χ3v) is 7.08. The van der Waals surface area contributed by atoms with Gasteiger partial charge in [0.1, 0.15) is 12.6 Å². The van der Waals surface area contributed by atoms with Crippen molar-refractivity contribution in [2.75, 3.05) is 25.0 Å². The van der Waals surface area contributed by atoms with Crippen LogP contribution in [0, 0.1) is 5.92 Å². The average molecular weight is 668 g/mol. The molecular formula is C36H53N5O7. The van der Waals surface area contributed by atoms with Crippen LogP contribution in [0.2, 0.25) is 0 Å². The highest BCUT2D eigenvalue weighted by Crippen LogP contribution is 2.19. The van der Waals surface area contributed by atoms with E-state index >= 15 is 0 Å². The first-order valence-electron chi connectivity index (χ1n) is 16.7. The van der Waals surface area contributed by atoms with Gasteiger partial charge < -0.3 is 26.4 Å². The lowest BCUT2D eigenvalue weighted by Gasteiger charge is -2.19. The quantitative estimate of drug-likeness (QED) is 0.118. The Morgan fingerprint density at radius 2 is 1.58 bits per heavy atom. The van der Waals surface area contributed by atoms with E-state index in [1.54, 1.807) is 31.2 Å². The summed E-state index contributed by atoms with van der Waals surface area (Å²) in [5.74, 6) is -2.17. The summed E-state index contributed by atoms with van der Waals surface area (Å²) < 4.78 is 4.94. The molecule has 2 atom stereocenters. The summed E-state index contributed by atoms with van der Waals surface area (Å²) in [5, 5.41) is 8.07. The van der Waals surface area contributed by atoms with Gasteiger partial charge in [0, 0.05) is 44.3 Å². The predicted octanol–water partition coefficient (Wildman–Crippen LogP) is 3.87. The first-order chi connectivity index (χ1) is 23.0. The Balaban J connectivity index is 0.00000178. The van der Waals surface area contributed by atoms with Crippen molar-refractivity contribution in [2.45, 2.75) is 92.2 Å². The van der Waals surface area contributed by atoms with Gasteiger partial charge in [0.15, 0.2) is 0 Å². The fourth-order valence-electron chi connectivity index (χ4n) is 4.51. The highest BCUT2D eigenvalue weighted by Gasteiger charge is 2.34. The summed E-state index contributed by atoms with van der Waals surface area (Å²) in [6, 6.07) is 15.1. The van der Waals surface area contributed by atoms with Gasteiger partial charge in [-0.1, -0.05) is 76.6 Å². The minimum absolute atomic E-state index is 0.133. The monoisotopic (exact) mass is 667 g/mol. The van der Waals surface area contributed by atoms with Gasteiger partial charge in [-0.25, -0.2) is 0 Å². The number of nitrogens with two attached hydrogens (primary N) is 1. The van der Waals surface area contributed by atoms with Crippen LogP contribution in [0.4, 0.5) is 5.69 Å². The Kier molecular flexibility index (Phi) is 20.5. The van der Waals surface area contributed by atoms with Crippen LogP contribution in [0.25, 0.3) is 0 Å². The average Bonchev–Trinajstić information content (AvgIpc) is 3.33. The third kappa shape index (κ3) is 16.3. The standard InChI is InChI=1S/C31H38N4O7.C3H9N.C2H6/c1-21-17-29(39)35(31(21)41)16-8-4-7-11-27(37)34-26(18-23-9-5-3-6-10-23)30(40)32-19-28(38)33-25-14-12-24(13-15-25)20-42-22(2)36;1-2-3-4;1-2/h3,5-6,9-10,12-15,21,26H,4,7-8,11,16-20H2,1-2H3,(H,32,40)(H,33,38)(H,34,37);2-4H2,1H3;1-2H3. The van der Waals surface area contributed by atoms with Crippen molar-refractivity contribution >= 4 is 41.2 Å². The SMILES string of the molecule is CC.CC(=O)OCc1ccc(NC(=O)CNC(=O)C(Cc2ccccc2)NC(=O)CCCCCN2C(=O)CC(C)C2=O)cc1.CCCN. The van der Waals surface area contributed by atoms with E-state index < -0.39 is 17.9 Å². The summed E-state index contributed by atoms with van der Waals surface area (Å²) in [6.45, 7) is 10.1. The van der Waals surface area contributed by atoms with E-state index in [2.05, 4.69) is 22.9 Å². The highest BCUT2D eigenvalue weighted by atomic mass is 16.5. The van der Waals surface area contributed by atoms with Gasteiger partial charge in [0.25, 0.3) is 0 Å². The van der Waals surface area contributed by atoms with Crippen molar-refractivity contribution in [1.29, 1.82) is 0 Å². The van der Waals surface area contributed by atoms with Crippen LogP contribution in [-0.2, 0) is 46.5 Å². The summed E-state index contributed by atoms with van der Waals surface area (Å²) in [7, 11) is 0. The van der Waals surface area contributed by atoms with Crippen LogP contribution < -0.4 is 21.7 Å². The van der Waals surface area contributed by atoms with Crippen molar-refractivity contribution in [3.8, 4) is 0 Å². The minimum Gasteiger partial charge on any atom is -0.461 e. The van der Waals surface area contributed by atoms with Crippen LogP contribution in [-0.4, -0.2) is 66.1 Å². The van der Waals surface area contributed by atoms with Crippen molar-refractivity contribution in [3.05, 3.63) is 65.7 Å². The number of carbonyl (C=O) groups is 6. The van der Waals surface area contributed by atoms with Gasteiger partial charge in [-0.15, -0.1) is 0 Å². The summed E-state index contributed by atoms with van der Waals surface area (Å²) in [6.07, 6.45) is 3.58. The number of hydrogen-bond acceptors (Lipinski definition) is 8. The number of amides is 5. The molecule has 2 unspecified atom stereocenters. The normalized spacial score (nSPS) is 14.0. The Bertz CT molecular complexity index is 1300. The molecule has 1 fully saturated rings. The molecule has 12 nitrogen and oxygen atoms in total. The number of unbranched alkanes of at least 4 members (excludes halogenated alkanes) is 2. The lowest BCUT2D eigenvalue weighted by atomic mass is 10.0. The molecule has 5 N–H and O–H groups in total. The molecule has 0 aromatic heterocycles. The summed E-state index contributed by atoms with van der Waals surface area (Å²) >= 11 is 0. The number of nitrogens with one attached hydrogen (secondary N) is 3. The maximum absolute atomic E-state index is 13.0. The van der Waals surface area contributed by atoms with E-state index in [-0.39, 0.29) is 62.0 Å². The molecule has 1 aliphatic heterocycles. The van der Waals surface area contributed by atoms with Gasteiger partial charge in [-0.05, 0) is 49.1 Å². The molecule has 0 spiro atoms. The molecule has 12 heteroatoms. The summed E-state index contributed by atoms with van der Waals surface area (Å²) in [5.41, 5.74) is 7.16. The Labute approximate surface area is 284 Å². The Morgan fingerprint density at radius 3 is 2.15 bits per heavy atom. The van der Waals surface area contributed by atoms with E-state index in [1.165, 1.54) is 11.8 Å². The number of anilines is 1.